The zero-order chi connectivity index (χ0) is 18.4. The van der Waals surface area contributed by atoms with Crippen molar-refractivity contribution >= 4 is 47.5 Å². The molecule has 1 atom stereocenters. The van der Waals surface area contributed by atoms with Crippen molar-refractivity contribution in [1.82, 2.24) is 4.98 Å². The zero-order valence-electron chi connectivity index (χ0n) is 13.5. The predicted molar refractivity (Wildman–Crippen MR) is 101 cm³/mol. The summed E-state index contributed by atoms with van der Waals surface area (Å²) in [5.41, 5.74) is 7.88. The molecular formula is C17H17Cl3N2O4. The molecule has 1 aromatic carbocycles. The van der Waals surface area contributed by atoms with Crippen LogP contribution in [0.2, 0.25) is 10.3 Å². The molecule has 0 fully saturated rings. The van der Waals surface area contributed by atoms with Crippen molar-refractivity contribution in [3.63, 3.8) is 0 Å². The van der Waals surface area contributed by atoms with Crippen LogP contribution in [0.4, 0.5) is 0 Å². The molecule has 0 aliphatic rings. The Morgan fingerprint density at radius 3 is 2.35 bits per heavy atom. The Morgan fingerprint density at radius 2 is 1.73 bits per heavy atom. The normalized spacial score (nSPS) is 11.3. The predicted octanol–water partition coefficient (Wildman–Crippen LogP) is 3.05. The van der Waals surface area contributed by atoms with E-state index in [4.69, 9.17) is 38.8 Å². The smallest absolute Gasteiger partial charge is 0.323 e. The summed E-state index contributed by atoms with van der Waals surface area (Å²) < 4.78 is 5.16. The van der Waals surface area contributed by atoms with Gasteiger partial charge in [-0.1, -0.05) is 47.5 Å². The first kappa shape index (κ1) is 22.2. The molecule has 140 valence electrons. The molecule has 0 saturated heterocycles. The van der Waals surface area contributed by atoms with Crippen molar-refractivity contribution in [2.75, 3.05) is 0 Å². The average Bonchev–Trinajstić information content (AvgIpc) is 2.51. The van der Waals surface area contributed by atoms with E-state index < -0.39 is 18.0 Å². The summed E-state index contributed by atoms with van der Waals surface area (Å²) in [6.45, 7) is -0.0203. The van der Waals surface area contributed by atoms with Gasteiger partial charge in [0.25, 0.3) is 0 Å². The number of aliphatic carboxylic acids is 1. The minimum absolute atomic E-state index is 0. The SMILES string of the molecule is Cl.N[C@@H](Cc1cccc(CC(=O)O)c1)C(=O)OCc1cc(Cl)nc(Cl)c1. The number of esters is 1. The van der Waals surface area contributed by atoms with Crippen LogP contribution in [0.3, 0.4) is 0 Å². The van der Waals surface area contributed by atoms with Gasteiger partial charge in [-0.25, -0.2) is 4.98 Å². The van der Waals surface area contributed by atoms with Gasteiger partial charge in [-0.3, -0.25) is 9.59 Å². The van der Waals surface area contributed by atoms with Crippen LogP contribution >= 0.6 is 35.6 Å². The number of carboxylic acid groups (broad SMARTS) is 1. The molecule has 6 nitrogen and oxygen atoms in total. The number of hydrogen-bond donors (Lipinski definition) is 2. The summed E-state index contributed by atoms with van der Waals surface area (Å²) in [7, 11) is 0. The number of nitrogens with zero attached hydrogens (tertiary/aromatic N) is 1. The number of carboxylic acids is 1. The molecule has 0 bridgehead atoms. The Hall–Kier alpha value is -1.86. The Bertz CT molecular complexity index is 766. The highest BCUT2D eigenvalue weighted by Gasteiger charge is 2.16. The third-order valence-corrected chi connectivity index (χ3v) is 3.70. The van der Waals surface area contributed by atoms with Gasteiger partial charge in [0.1, 0.15) is 23.0 Å². The van der Waals surface area contributed by atoms with Crippen LogP contribution in [0, 0.1) is 0 Å². The minimum atomic E-state index is -0.921. The number of carbonyl (C=O) groups excluding carboxylic acids is 1. The van der Waals surface area contributed by atoms with Crippen molar-refractivity contribution in [2.45, 2.75) is 25.5 Å². The van der Waals surface area contributed by atoms with Crippen LogP contribution in [0.15, 0.2) is 36.4 Å². The first-order valence-electron chi connectivity index (χ1n) is 7.37. The highest BCUT2D eigenvalue weighted by Crippen LogP contribution is 2.16. The Labute approximate surface area is 166 Å². The van der Waals surface area contributed by atoms with Crippen LogP contribution in [0.25, 0.3) is 0 Å². The van der Waals surface area contributed by atoms with Gasteiger partial charge in [0.2, 0.25) is 0 Å². The lowest BCUT2D eigenvalue weighted by molar-refractivity contribution is -0.146. The lowest BCUT2D eigenvalue weighted by Gasteiger charge is -2.12. The Balaban J connectivity index is 0.00000338. The van der Waals surface area contributed by atoms with Gasteiger partial charge in [0, 0.05) is 0 Å². The summed E-state index contributed by atoms with van der Waals surface area (Å²) in [5.74, 6) is -1.50. The lowest BCUT2D eigenvalue weighted by Crippen LogP contribution is -2.34. The summed E-state index contributed by atoms with van der Waals surface area (Å²) in [6, 6.07) is 9.14. The number of rotatable bonds is 7. The van der Waals surface area contributed by atoms with Gasteiger partial charge < -0.3 is 15.6 Å². The Kier molecular flexibility index (Phi) is 8.81. The van der Waals surface area contributed by atoms with Crippen LogP contribution in [-0.4, -0.2) is 28.1 Å². The molecule has 26 heavy (non-hydrogen) atoms. The van der Waals surface area contributed by atoms with Crippen LogP contribution in [-0.2, 0) is 33.8 Å². The molecule has 1 aromatic heterocycles. The van der Waals surface area contributed by atoms with E-state index in [9.17, 15) is 9.59 Å². The molecule has 9 heteroatoms. The van der Waals surface area contributed by atoms with E-state index in [-0.39, 0.29) is 42.2 Å². The lowest BCUT2D eigenvalue weighted by atomic mass is 10.0. The van der Waals surface area contributed by atoms with Crippen molar-refractivity contribution in [1.29, 1.82) is 0 Å². The summed E-state index contributed by atoms with van der Waals surface area (Å²) in [5, 5.41) is 9.24. The zero-order valence-corrected chi connectivity index (χ0v) is 15.9. The van der Waals surface area contributed by atoms with Crippen molar-refractivity contribution in [3.8, 4) is 0 Å². The van der Waals surface area contributed by atoms with Crippen molar-refractivity contribution in [3.05, 3.63) is 63.4 Å². The number of benzene rings is 1. The van der Waals surface area contributed by atoms with E-state index >= 15 is 0 Å². The maximum atomic E-state index is 12.0. The fourth-order valence-electron chi connectivity index (χ4n) is 2.24. The molecule has 0 amide bonds. The quantitative estimate of drug-likeness (QED) is 0.528. The van der Waals surface area contributed by atoms with Crippen molar-refractivity contribution < 1.29 is 19.4 Å². The molecule has 0 radical (unpaired) electrons. The van der Waals surface area contributed by atoms with E-state index in [0.717, 1.165) is 5.56 Å². The number of nitrogens with two attached hydrogens (primary N) is 1. The summed E-state index contributed by atoms with van der Waals surface area (Å²) in [6.07, 6.45) is 0.154. The van der Waals surface area contributed by atoms with Gasteiger partial charge >= 0.3 is 11.9 Å². The maximum Gasteiger partial charge on any atom is 0.323 e. The summed E-state index contributed by atoms with van der Waals surface area (Å²) >= 11 is 11.6. The van der Waals surface area contributed by atoms with E-state index in [2.05, 4.69) is 4.98 Å². The number of hydrogen-bond acceptors (Lipinski definition) is 5. The number of pyridine rings is 1. The average molecular weight is 420 g/mol. The molecule has 2 rings (SSSR count). The highest BCUT2D eigenvalue weighted by atomic mass is 35.5. The fourth-order valence-corrected chi connectivity index (χ4v) is 2.74. The van der Waals surface area contributed by atoms with Gasteiger partial charge in [-0.15, -0.1) is 12.4 Å². The van der Waals surface area contributed by atoms with Crippen LogP contribution in [0.5, 0.6) is 0 Å². The van der Waals surface area contributed by atoms with Gasteiger partial charge in [0.15, 0.2) is 0 Å². The minimum Gasteiger partial charge on any atom is -0.481 e. The third kappa shape index (κ3) is 7.17. The molecular weight excluding hydrogens is 403 g/mol. The first-order valence-corrected chi connectivity index (χ1v) is 8.13. The number of ether oxygens (including phenoxy) is 1. The Morgan fingerprint density at radius 1 is 1.12 bits per heavy atom. The largest absolute Gasteiger partial charge is 0.481 e. The van der Waals surface area contributed by atoms with Crippen LogP contribution in [0.1, 0.15) is 16.7 Å². The monoisotopic (exact) mass is 418 g/mol. The van der Waals surface area contributed by atoms with E-state index in [0.29, 0.717) is 11.1 Å². The first-order chi connectivity index (χ1) is 11.8. The molecule has 3 N–H and O–H groups in total. The number of carbonyl (C=O) groups is 2. The number of aromatic nitrogens is 1. The van der Waals surface area contributed by atoms with Crippen LogP contribution < -0.4 is 5.73 Å². The molecule has 0 spiro atoms. The number of halogens is 3. The molecule has 2 aromatic rings. The highest BCUT2D eigenvalue weighted by molar-refractivity contribution is 6.32. The van der Waals surface area contributed by atoms with Gasteiger partial charge in [-0.05, 0) is 35.2 Å². The van der Waals surface area contributed by atoms with Crippen molar-refractivity contribution in [2.24, 2.45) is 5.73 Å². The van der Waals surface area contributed by atoms with E-state index in [1.165, 1.54) is 0 Å². The molecule has 0 aliphatic carbocycles. The van der Waals surface area contributed by atoms with Gasteiger partial charge in [-0.2, -0.15) is 0 Å². The maximum absolute atomic E-state index is 12.0. The molecule has 1 heterocycles. The van der Waals surface area contributed by atoms with Gasteiger partial charge in [0.05, 0.1) is 6.42 Å². The molecule has 0 saturated carbocycles. The standard InChI is InChI=1S/C17H16Cl2N2O4.ClH/c18-14-6-12(7-15(19)21-14)9-25-17(24)13(20)5-10-2-1-3-11(4-10)8-16(22)23;/h1-4,6-7,13H,5,8-9,20H2,(H,22,23);1H/t13-;/m0./s1. The molecule has 0 aliphatic heterocycles. The third-order valence-electron chi connectivity index (χ3n) is 3.31. The molecule has 0 unspecified atom stereocenters. The van der Waals surface area contributed by atoms with E-state index in [1.807, 2.05) is 0 Å². The summed E-state index contributed by atoms with van der Waals surface area (Å²) in [4.78, 5) is 26.6. The fraction of sp³-hybridized carbons (Fsp3) is 0.235. The van der Waals surface area contributed by atoms with E-state index in [1.54, 1.807) is 36.4 Å². The second kappa shape index (κ2) is 10.3. The second-order valence-electron chi connectivity index (χ2n) is 5.43. The topological polar surface area (TPSA) is 103 Å². The second-order valence-corrected chi connectivity index (χ2v) is 6.20.